The number of hydrogen-bond donors (Lipinski definition) is 3. The maximum atomic E-state index is 13.0. The van der Waals surface area contributed by atoms with E-state index in [1.165, 1.54) is 0 Å². The Morgan fingerprint density at radius 1 is 1.16 bits per heavy atom. The lowest BCUT2D eigenvalue weighted by Crippen LogP contribution is -2.53. The number of likely N-dealkylation sites (tertiary alicyclic amines) is 1. The van der Waals surface area contributed by atoms with Gasteiger partial charge in [-0.2, -0.15) is 0 Å². The summed E-state index contributed by atoms with van der Waals surface area (Å²) < 4.78 is 11.6. The first-order valence-electron chi connectivity index (χ1n) is 13.5. The van der Waals surface area contributed by atoms with E-state index in [1.54, 1.807) is 7.11 Å². The lowest BCUT2D eigenvalue weighted by molar-refractivity contribution is -0.0575. The van der Waals surface area contributed by atoms with Gasteiger partial charge in [0.1, 0.15) is 11.5 Å². The monoisotopic (exact) mass is 511 g/mol. The summed E-state index contributed by atoms with van der Waals surface area (Å²) in [6, 6.07) is 13.9. The average Bonchev–Trinajstić information content (AvgIpc) is 2.89. The first-order valence-corrected chi connectivity index (χ1v) is 13.5. The van der Waals surface area contributed by atoms with Crippen LogP contribution in [0.25, 0.3) is 0 Å². The standard InChI is InChI=1S/C30H45N3O4/c1-22-10-13-26(14-11-22)37-28-15-12-23(2)19-27(28)30(35,16-6-7-18-36-5)25-9-8-17-33(21-25)29(34)32-24(3)20-31-4/h10-15,19,24-25,31,35H,6-9,16-18,20-21H2,1-5H3,(H,32,34). The van der Waals surface area contributed by atoms with Crippen LogP contribution in [0.5, 0.6) is 11.5 Å². The van der Waals surface area contributed by atoms with Crippen molar-refractivity contribution in [2.75, 3.05) is 40.4 Å². The first kappa shape index (κ1) is 29.0. The van der Waals surface area contributed by atoms with Crippen LogP contribution in [0.3, 0.4) is 0 Å². The molecule has 1 saturated heterocycles. The highest BCUT2D eigenvalue weighted by atomic mass is 16.5. The number of piperidine rings is 1. The number of benzene rings is 2. The zero-order valence-corrected chi connectivity index (χ0v) is 23.2. The second kappa shape index (κ2) is 13.8. The second-order valence-corrected chi connectivity index (χ2v) is 10.5. The Bertz CT molecular complexity index is 997. The number of carbonyl (C=O) groups excluding carboxylic acids is 1. The smallest absolute Gasteiger partial charge is 0.317 e. The number of nitrogens with zero attached hydrogens (tertiary/aromatic N) is 1. The summed E-state index contributed by atoms with van der Waals surface area (Å²) in [5.41, 5.74) is 1.87. The van der Waals surface area contributed by atoms with Crippen LogP contribution in [0.1, 0.15) is 55.7 Å². The van der Waals surface area contributed by atoms with Gasteiger partial charge < -0.3 is 30.1 Å². The van der Waals surface area contributed by atoms with Crippen LogP contribution in [0.4, 0.5) is 4.79 Å². The van der Waals surface area contributed by atoms with Crippen molar-refractivity contribution >= 4 is 6.03 Å². The summed E-state index contributed by atoms with van der Waals surface area (Å²) in [5.74, 6) is 1.28. The lowest BCUT2D eigenvalue weighted by atomic mass is 9.73. The lowest BCUT2D eigenvalue weighted by Gasteiger charge is -2.43. The van der Waals surface area contributed by atoms with E-state index in [-0.39, 0.29) is 18.0 Å². The highest BCUT2D eigenvalue weighted by Gasteiger charge is 2.43. The number of ether oxygens (including phenoxy) is 2. The molecule has 0 saturated carbocycles. The molecule has 3 N–H and O–H groups in total. The van der Waals surface area contributed by atoms with E-state index in [9.17, 15) is 9.90 Å². The van der Waals surface area contributed by atoms with Gasteiger partial charge in [-0.25, -0.2) is 4.79 Å². The van der Waals surface area contributed by atoms with Crippen LogP contribution >= 0.6 is 0 Å². The molecule has 3 unspecified atom stereocenters. The minimum atomic E-state index is -1.14. The zero-order chi connectivity index (χ0) is 26.8. The number of carbonyl (C=O) groups is 1. The average molecular weight is 512 g/mol. The van der Waals surface area contributed by atoms with Gasteiger partial charge in [0.05, 0.1) is 5.60 Å². The van der Waals surface area contributed by atoms with Gasteiger partial charge in [-0.05, 0) is 84.2 Å². The molecule has 3 atom stereocenters. The molecule has 1 aliphatic heterocycles. The van der Waals surface area contributed by atoms with Gasteiger partial charge in [-0.1, -0.05) is 29.3 Å². The zero-order valence-electron chi connectivity index (χ0n) is 23.2. The molecular weight excluding hydrogens is 466 g/mol. The number of hydrogen-bond acceptors (Lipinski definition) is 5. The van der Waals surface area contributed by atoms with Gasteiger partial charge in [0.25, 0.3) is 0 Å². The maximum Gasteiger partial charge on any atom is 0.317 e. The van der Waals surface area contributed by atoms with Crippen LogP contribution < -0.4 is 15.4 Å². The minimum Gasteiger partial charge on any atom is -0.457 e. The Hall–Kier alpha value is -2.61. The van der Waals surface area contributed by atoms with Crippen LogP contribution in [0.2, 0.25) is 0 Å². The predicted octanol–water partition coefficient (Wildman–Crippen LogP) is 5.13. The van der Waals surface area contributed by atoms with E-state index < -0.39 is 5.60 Å². The summed E-state index contributed by atoms with van der Waals surface area (Å²) in [4.78, 5) is 14.9. The number of urea groups is 1. The Kier molecular flexibility index (Phi) is 10.8. The molecule has 2 aromatic carbocycles. The number of amides is 2. The molecule has 7 heteroatoms. The van der Waals surface area contributed by atoms with Gasteiger partial charge in [-0.3, -0.25) is 0 Å². The normalized spacial score (nSPS) is 18.2. The third-order valence-electron chi connectivity index (χ3n) is 7.27. The predicted molar refractivity (Wildman–Crippen MR) is 148 cm³/mol. The molecule has 0 aromatic heterocycles. The summed E-state index contributed by atoms with van der Waals surface area (Å²) >= 11 is 0. The second-order valence-electron chi connectivity index (χ2n) is 10.5. The van der Waals surface area contributed by atoms with E-state index in [2.05, 4.69) is 10.6 Å². The summed E-state index contributed by atoms with van der Waals surface area (Å²) in [7, 11) is 3.58. The number of unbranched alkanes of at least 4 members (excludes halogenated alkanes) is 1. The number of aryl methyl sites for hydroxylation is 2. The van der Waals surface area contributed by atoms with Crippen molar-refractivity contribution in [3.05, 3.63) is 59.2 Å². The van der Waals surface area contributed by atoms with Crippen LogP contribution in [0, 0.1) is 19.8 Å². The fourth-order valence-electron chi connectivity index (χ4n) is 5.21. The van der Waals surface area contributed by atoms with Gasteiger partial charge in [0, 0.05) is 50.9 Å². The molecule has 1 aliphatic rings. The van der Waals surface area contributed by atoms with Crippen molar-refractivity contribution in [2.24, 2.45) is 5.92 Å². The molecule has 2 amide bonds. The van der Waals surface area contributed by atoms with Crippen LogP contribution in [-0.4, -0.2) is 62.5 Å². The van der Waals surface area contributed by atoms with Crippen LogP contribution in [0.15, 0.2) is 42.5 Å². The quantitative estimate of drug-likeness (QED) is 0.344. The van der Waals surface area contributed by atoms with Crippen molar-refractivity contribution in [1.29, 1.82) is 0 Å². The molecule has 0 spiro atoms. The third-order valence-corrected chi connectivity index (χ3v) is 7.27. The molecule has 0 radical (unpaired) electrons. The van der Waals surface area contributed by atoms with E-state index in [4.69, 9.17) is 9.47 Å². The highest BCUT2D eigenvalue weighted by Crippen LogP contribution is 2.44. The Balaban J connectivity index is 1.91. The first-order chi connectivity index (χ1) is 17.8. The van der Waals surface area contributed by atoms with Crippen molar-refractivity contribution in [2.45, 2.75) is 64.5 Å². The van der Waals surface area contributed by atoms with Crippen molar-refractivity contribution < 1.29 is 19.4 Å². The van der Waals surface area contributed by atoms with E-state index >= 15 is 0 Å². The van der Waals surface area contributed by atoms with Gasteiger partial charge in [-0.15, -0.1) is 0 Å². The molecule has 7 nitrogen and oxygen atoms in total. The maximum absolute atomic E-state index is 13.0. The molecular formula is C30H45N3O4. The summed E-state index contributed by atoms with van der Waals surface area (Å²) in [6.07, 6.45) is 3.93. The van der Waals surface area contributed by atoms with E-state index in [0.717, 1.165) is 48.1 Å². The van der Waals surface area contributed by atoms with E-state index in [1.807, 2.05) is 75.2 Å². The molecule has 37 heavy (non-hydrogen) atoms. The number of aliphatic hydroxyl groups is 1. The van der Waals surface area contributed by atoms with Crippen molar-refractivity contribution in [3.8, 4) is 11.5 Å². The largest absolute Gasteiger partial charge is 0.457 e. The molecule has 0 bridgehead atoms. The Morgan fingerprint density at radius 3 is 2.59 bits per heavy atom. The molecule has 1 heterocycles. The number of nitrogens with one attached hydrogen (secondary N) is 2. The topological polar surface area (TPSA) is 83.1 Å². The molecule has 1 fully saturated rings. The third kappa shape index (κ3) is 7.94. The van der Waals surface area contributed by atoms with Crippen molar-refractivity contribution in [1.82, 2.24) is 15.5 Å². The Morgan fingerprint density at radius 2 is 1.89 bits per heavy atom. The van der Waals surface area contributed by atoms with E-state index in [0.29, 0.717) is 38.4 Å². The van der Waals surface area contributed by atoms with Crippen molar-refractivity contribution in [3.63, 3.8) is 0 Å². The van der Waals surface area contributed by atoms with Gasteiger partial charge in [0.2, 0.25) is 0 Å². The van der Waals surface area contributed by atoms with Gasteiger partial charge in [0.15, 0.2) is 0 Å². The number of rotatable bonds is 12. The number of likely N-dealkylation sites (N-methyl/N-ethyl adjacent to an activating group) is 1. The number of methoxy groups -OCH3 is 1. The fourth-order valence-corrected chi connectivity index (χ4v) is 5.21. The summed E-state index contributed by atoms with van der Waals surface area (Å²) in [6.45, 7) is 8.61. The highest BCUT2D eigenvalue weighted by molar-refractivity contribution is 5.74. The molecule has 2 aromatic rings. The minimum absolute atomic E-state index is 0.0251. The molecule has 3 rings (SSSR count). The summed E-state index contributed by atoms with van der Waals surface area (Å²) in [5, 5.41) is 18.7. The molecule has 204 valence electrons. The molecule has 0 aliphatic carbocycles. The van der Waals surface area contributed by atoms with Gasteiger partial charge >= 0.3 is 6.03 Å². The fraction of sp³-hybridized carbons (Fsp3) is 0.567. The SMILES string of the molecule is CNCC(C)NC(=O)N1CCCC(C(O)(CCCCOC)c2cc(C)ccc2Oc2ccc(C)cc2)C1. The van der Waals surface area contributed by atoms with Crippen LogP contribution in [-0.2, 0) is 10.3 Å². The Labute approximate surface area is 222 Å².